The number of nitrogens with one attached hydrogen (secondary N) is 1. The molecule has 0 aliphatic carbocycles. The number of aromatic amines is 1. The summed E-state index contributed by atoms with van der Waals surface area (Å²) in [6, 6.07) is 0.0310. The highest BCUT2D eigenvalue weighted by molar-refractivity contribution is 4.97. The highest BCUT2D eigenvalue weighted by Crippen LogP contribution is 2.22. The zero-order valence-electron chi connectivity index (χ0n) is 10.3. The first-order valence-corrected chi connectivity index (χ1v) is 6.55. The quantitative estimate of drug-likeness (QED) is 0.741. The third kappa shape index (κ3) is 4.09. The van der Waals surface area contributed by atoms with Crippen LogP contribution in [0.15, 0.2) is 6.20 Å². The predicted molar refractivity (Wildman–Crippen MR) is 65.3 cm³/mol. The first-order chi connectivity index (χ1) is 8.36. The van der Waals surface area contributed by atoms with Crippen molar-refractivity contribution in [2.75, 3.05) is 13.2 Å². The molecule has 1 aromatic rings. The van der Waals surface area contributed by atoms with Crippen LogP contribution in [-0.2, 0) is 4.74 Å². The van der Waals surface area contributed by atoms with Crippen LogP contribution in [-0.4, -0.2) is 28.6 Å². The normalized spacial score (nSPS) is 19.4. The Labute approximate surface area is 102 Å². The lowest BCUT2D eigenvalue weighted by atomic mass is 9.93. The number of hydrogen-bond donors (Lipinski definition) is 2. The zero-order chi connectivity index (χ0) is 11.9. The fraction of sp³-hybridized carbons (Fsp3) is 0.833. The second kappa shape index (κ2) is 6.71. The van der Waals surface area contributed by atoms with Crippen molar-refractivity contribution < 1.29 is 4.74 Å². The van der Waals surface area contributed by atoms with Gasteiger partial charge in [-0.25, -0.2) is 0 Å². The van der Waals surface area contributed by atoms with Crippen LogP contribution < -0.4 is 5.73 Å². The molecule has 0 bridgehead atoms. The van der Waals surface area contributed by atoms with E-state index in [4.69, 9.17) is 10.5 Å². The van der Waals surface area contributed by atoms with Crippen LogP contribution in [0.2, 0.25) is 0 Å². The van der Waals surface area contributed by atoms with Gasteiger partial charge in [-0.15, -0.1) is 0 Å². The van der Waals surface area contributed by atoms with Crippen molar-refractivity contribution in [1.82, 2.24) is 15.4 Å². The second-order valence-corrected chi connectivity index (χ2v) is 4.84. The molecule has 1 aliphatic rings. The van der Waals surface area contributed by atoms with Gasteiger partial charge in [0.2, 0.25) is 0 Å². The van der Waals surface area contributed by atoms with Crippen molar-refractivity contribution in [2.45, 2.75) is 44.6 Å². The molecule has 1 unspecified atom stereocenters. The monoisotopic (exact) mass is 238 g/mol. The fourth-order valence-corrected chi connectivity index (χ4v) is 2.37. The molecule has 0 radical (unpaired) electrons. The van der Waals surface area contributed by atoms with E-state index in [9.17, 15) is 0 Å². The van der Waals surface area contributed by atoms with Crippen LogP contribution in [0, 0.1) is 5.92 Å². The molecule has 2 rings (SSSR count). The van der Waals surface area contributed by atoms with E-state index in [0.29, 0.717) is 0 Å². The summed E-state index contributed by atoms with van der Waals surface area (Å²) in [7, 11) is 0. The molecule has 5 nitrogen and oxygen atoms in total. The molecular weight excluding hydrogens is 216 g/mol. The summed E-state index contributed by atoms with van der Waals surface area (Å²) < 4.78 is 5.35. The van der Waals surface area contributed by atoms with Crippen molar-refractivity contribution in [3.05, 3.63) is 11.9 Å². The van der Waals surface area contributed by atoms with Crippen molar-refractivity contribution in [3.63, 3.8) is 0 Å². The molecule has 1 aromatic heterocycles. The lowest BCUT2D eigenvalue weighted by molar-refractivity contribution is 0.0631. The Bertz CT molecular complexity index is 295. The van der Waals surface area contributed by atoms with Gasteiger partial charge in [-0.05, 0) is 25.2 Å². The van der Waals surface area contributed by atoms with Crippen molar-refractivity contribution in [3.8, 4) is 0 Å². The van der Waals surface area contributed by atoms with E-state index >= 15 is 0 Å². The highest BCUT2D eigenvalue weighted by Gasteiger charge is 2.14. The van der Waals surface area contributed by atoms with E-state index in [1.54, 1.807) is 6.20 Å². The number of H-pyrrole nitrogens is 1. The molecule has 0 spiro atoms. The maximum Gasteiger partial charge on any atom is 0.0991 e. The first-order valence-electron chi connectivity index (χ1n) is 6.55. The van der Waals surface area contributed by atoms with E-state index in [-0.39, 0.29) is 6.04 Å². The van der Waals surface area contributed by atoms with E-state index < -0.39 is 0 Å². The lowest BCUT2D eigenvalue weighted by Gasteiger charge is -2.21. The molecule has 0 amide bonds. The molecular formula is C12H22N4O. The summed E-state index contributed by atoms with van der Waals surface area (Å²) >= 11 is 0. The molecule has 0 aromatic carbocycles. The largest absolute Gasteiger partial charge is 0.381 e. The van der Waals surface area contributed by atoms with Crippen LogP contribution >= 0.6 is 0 Å². The maximum absolute atomic E-state index is 6.02. The van der Waals surface area contributed by atoms with Crippen LogP contribution in [0.25, 0.3) is 0 Å². The molecule has 1 saturated heterocycles. The van der Waals surface area contributed by atoms with Gasteiger partial charge in [-0.3, -0.25) is 0 Å². The summed E-state index contributed by atoms with van der Waals surface area (Å²) in [5.74, 6) is 0.868. The van der Waals surface area contributed by atoms with Crippen molar-refractivity contribution in [1.29, 1.82) is 0 Å². The number of ether oxygens (including phenoxy) is 1. The third-order valence-corrected chi connectivity index (χ3v) is 3.53. The van der Waals surface area contributed by atoms with Gasteiger partial charge < -0.3 is 10.5 Å². The van der Waals surface area contributed by atoms with Gasteiger partial charge in [-0.2, -0.15) is 15.4 Å². The van der Waals surface area contributed by atoms with Crippen molar-refractivity contribution in [2.24, 2.45) is 11.7 Å². The van der Waals surface area contributed by atoms with Gasteiger partial charge in [-0.1, -0.05) is 19.3 Å². The summed E-state index contributed by atoms with van der Waals surface area (Å²) in [5, 5.41) is 10.4. The minimum atomic E-state index is 0.0310. The molecule has 96 valence electrons. The Morgan fingerprint density at radius 2 is 2.24 bits per heavy atom. The molecule has 1 fully saturated rings. The summed E-state index contributed by atoms with van der Waals surface area (Å²) in [6.07, 6.45) is 8.92. The van der Waals surface area contributed by atoms with Gasteiger partial charge >= 0.3 is 0 Å². The molecule has 1 aliphatic heterocycles. The predicted octanol–water partition coefficient (Wildman–Crippen LogP) is 1.79. The maximum atomic E-state index is 6.02. The minimum absolute atomic E-state index is 0.0310. The summed E-state index contributed by atoms with van der Waals surface area (Å²) in [4.78, 5) is 0. The molecule has 3 N–H and O–H groups in total. The van der Waals surface area contributed by atoms with Gasteiger partial charge in [0, 0.05) is 13.2 Å². The minimum Gasteiger partial charge on any atom is -0.381 e. The van der Waals surface area contributed by atoms with E-state index in [0.717, 1.165) is 31.2 Å². The van der Waals surface area contributed by atoms with Gasteiger partial charge in [0.05, 0.1) is 17.9 Å². The molecule has 17 heavy (non-hydrogen) atoms. The number of unbranched alkanes of at least 4 members (excludes halogenated alkanes) is 1. The smallest absolute Gasteiger partial charge is 0.0991 e. The zero-order valence-corrected chi connectivity index (χ0v) is 10.3. The van der Waals surface area contributed by atoms with Crippen molar-refractivity contribution >= 4 is 0 Å². The standard InChI is InChI=1S/C12H22N4O/c13-11(12-9-14-16-15-12)4-2-1-3-10-5-7-17-8-6-10/h9-11H,1-8,13H2,(H,14,15,16). The number of aromatic nitrogens is 3. The Morgan fingerprint density at radius 1 is 1.41 bits per heavy atom. The summed E-state index contributed by atoms with van der Waals surface area (Å²) in [6.45, 7) is 1.90. The Morgan fingerprint density at radius 3 is 2.94 bits per heavy atom. The lowest BCUT2D eigenvalue weighted by Crippen LogP contribution is -2.15. The van der Waals surface area contributed by atoms with Crippen LogP contribution in [0.5, 0.6) is 0 Å². The number of hydrogen-bond acceptors (Lipinski definition) is 4. The first kappa shape index (κ1) is 12.5. The number of nitrogens with zero attached hydrogens (tertiary/aromatic N) is 2. The van der Waals surface area contributed by atoms with E-state index in [1.165, 1.54) is 32.1 Å². The average Bonchev–Trinajstić information content (AvgIpc) is 2.89. The van der Waals surface area contributed by atoms with Gasteiger partial charge in [0.25, 0.3) is 0 Å². The Balaban J connectivity index is 1.56. The fourth-order valence-electron chi connectivity index (χ4n) is 2.37. The SMILES string of the molecule is NC(CCCCC1CCOCC1)c1cn[nH]n1. The van der Waals surface area contributed by atoms with E-state index in [1.807, 2.05) is 0 Å². The van der Waals surface area contributed by atoms with Crippen LogP contribution in [0.4, 0.5) is 0 Å². The molecule has 5 heteroatoms. The average molecular weight is 238 g/mol. The molecule has 1 atom stereocenters. The topological polar surface area (TPSA) is 76.8 Å². The number of nitrogens with two attached hydrogens (primary N) is 1. The van der Waals surface area contributed by atoms with Gasteiger partial charge in [0.15, 0.2) is 0 Å². The Kier molecular flexibility index (Phi) is 4.94. The van der Waals surface area contributed by atoms with E-state index in [2.05, 4.69) is 15.4 Å². The second-order valence-electron chi connectivity index (χ2n) is 4.84. The van der Waals surface area contributed by atoms with Crippen LogP contribution in [0.3, 0.4) is 0 Å². The van der Waals surface area contributed by atoms with Gasteiger partial charge in [0.1, 0.15) is 0 Å². The Hall–Kier alpha value is -0.940. The number of rotatable bonds is 6. The molecule has 0 saturated carbocycles. The highest BCUT2D eigenvalue weighted by atomic mass is 16.5. The third-order valence-electron chi connectivity index (χ3n) is 3.53. The summed E-state index contributed by atoms with van der Waals surface area (Å²) in [5.41, 5.74) is 6.89. The molecule has 2 heterocycles. The van der Waals surface area contributed by atoms with Crippen LogP contribution in [0.1, 0.15) is 50.3 Å².